The molecule has 1 fully saturated rings. The van der Waals surface area contributed by atoms with E-state index in [1.54, 1.807) is 23.1 Å². The Balaban J connectivity index is 1.56. The van der Waals surface area contributed by atoms with E-state index in [2.05, 4.69) is 13.8 Å². The first kappa shape index (κ1) is 27.9. The van der Waals surface area contributed by atoms with E-state index in [1.165, 1.54) is 23.9 Å². The number of carbonyl (C=O) groups excluding carboxylic acids is 1. The molecule has 0 saturated carbocycles. The van der Waals surface area contributed by atoms with Crippen molar-refractivity contribution < 1.29 is 19.2 Å². The Kier molecular flexibility index (Phi) is 9.03. The molecule has 1 heterocycles. The van der Waals surface area contributed by atoms with E-state index in [9.17, 15) is 14.9 Å². The molecule has 0 N–H and O–H groups in total. The van der Waals surface area contributed by atoms with E-state index >= 15 is 0 Å². The molecule has 0 bridgehead atoms. The Bertz CT molecular complexity index is 1400. The number of hydrogen-bond donors (Lipinski definition) is 0. The molecule has 8 nitrogen and oxygen atoms in total. The quantitative estimate of drug-likeness (QED) is 0.153. The van der Waals surface area contributed by atoms with E-state index in [4.69, 9.17) is 14.5 Å². The maximum Gasteiger partial charge on any atom is 0.269 e. The van der Waals surface area contributed by atoms with Gasteiger partial charge < -0.3 is 9.47 Å². The summed E-state index contributed by atoms with van der Waals surface area (Å²) in [6, 6.07) is 19.7. The Hall–Kier alpha value is -4.11. The maximum absolute atomic E-state index is 13.4. The fraction of sp³-hybridized carbons (Fsp3) is 0.267. The van der Waals surface area contributed by atoms with E-state index in [0.29, 0.717) is 34.7 Å². The van der Waals surface area contributed by atoms with Crippen molar-refractivity contribution in [2.45, 2.75) is 34.3 Å². The van der Waals surface area contributed by atoms with Gasteiger partial charge in [0.1, 0.15) is 6.61 Å². The van der Waals surface area contributed by atoms with E-state index in [-0.39, 0.29) is 24.1 Å². The highest BCUT2D eigenvalue weighted by atomic mass is 32.2. The van der Waals surface area contributed by atoms with Crippen LogP contribution in [0.3, 0.4) is 0 Å². The van der Waals surface area contributed by atoms with Crippen LogP contribution in [0.1, 0.15) is 37.5 Å². The van der Waals surface area contributed by atoms with Crippen LogP contribution in [0.2, 0.25) is 0 Å². The normalized spacial score (nSPS) is 15.4. The summed E-state index contributed by atoms with van der Waals surface area (Å²) < 4.78 is 11.8. The van der Waals surface area contributed by atoms with Crippen LogP contribution < -0.4 is 9.47 Å². The van der Waals surface area contributed by atoms with Gasteiger partial charge in [0.05, 0.1) is 22.1 Å². The van der Waals surface area contributed by atoms with Crippen LogP contribution in [-0.2, 0) is 11.4 Å². The van der Waals surface area contributed by atoms with Crippen molar-refractivity contribution in [3.63, 3.8) is 0 Å². The topological polar surface area (TPSA) is 94.3 Å². The van der Waals surface area contributed by atoms with Crippen LogP contribution in [0.5, 0.6) is 11.5 Å². The lowest BCUT2D eigenvalue weighted by molar-refractivity contribution is -0.384. The molecule has 0 aromatic heterocycles. The van der Waals surface area contributed by atoms with Crippen molar-refractivity contribution in [1.29, 1.82) is 0 Å². The van der Waals surface area contributed by atoms with Crippen molar-refractivity contribution in [1.82, 2.24) is 4.90 Å². The van der Waals surface area contributed by atoms with Crippen LogP contribution in [0.25, 0.3) is 6.08 Å². The van der Waals surface area contributed by atoms with Crippen molar-refractivity contribution >= 4 is 40.3 Å². The number of ether oxygens (including phenoxy) is 2. The number of nitrogens with zero attached hydrogens (tertiary/aromatic N) is 3. The Morgan fingerprint density at radius 2 is 1.74 bits per heavy atom. The third kappa shape index (κ3) is 7.26. The third-order valence-corrected chi connectivity index (χ3v) is 6.81. The van der Waals surface area contributed by atoms with Gasteiger partial charge >= 0.3 is 0 Å². The maximum atomic E-state index is 13.4. The summed E-state index contributed by atoms with van der Waals surface area (Å²) in [5.74, 6) is 1.31. The Labute approximate surface area is 232 Å². The van der Waals surface area contributed by atoms with Crippen LogP contribution in [0.4, 0.5) is 11.4 Å². The zero-order valence-electron chi connectivity index (χ0n) is 22.4. The van der Waals surface area contributed by atoms with Gasteiger partial charge in [0.2, 0.25) is 0 Å². The number of carbonyl (C=O) groups is 1. The van der Waals surface area contributed by atoms with Gasteiger partial charge in [-0.15, -0.1) is 0 Å². The molecule has 9 heteroatoms. The second-order valence-corrected chi connectivity index (χ2v) is 10.5. The standard InChI is InChI=1S/C30H31N3O5S/c1-5-37-27-16-23(10-15-26(27)38-19-22-8-13-25(14-9-22)33(35)36)17-28-29(34)32(18-20(2)3)30(39-28)31-24-11-6-21(4)7-12-24/h6-17,20H,5,18-19H2,1-4H3/b28-17+,31-30?. The molecule has 39 heavy (non-hydrogen) atoms. The minimum atomic E-state index is -0.433. The summed E-state index contributed by atoms with van der Waals surface area (Å²) in [5, 5.41) is 11.5. The molecule has 0 aliphatic carbocycles. The first-order valence-electron chi connectivity index (χ1n) is 12.7. The summed E-state index contributed by atoms with van der Waals surface area (Å²) in [4.78, 5) is 30.9. The molecule has 0 spiro atoms. The highest BCUT2D eigenvalue weighted by Gasteiger charge is 2.33. The molecule has 202 valence electrons. The minimum Gasteiger partial charge on any atom is -0.490 e. The highest BCUT2D eigenvalue weighted by Crippen LogP contribution is 2.36. The van der Waals surface area contributed by atoms with E-state index in [0.717, 1.165) is 22.4 Å². The minimum absolute atomic E-state index is 0.0319. The van der Waals surface area contributed by atoms with Crippen LogP contribution in [0.15, 0.2) is 76.6 Å². The predicted molar refractivity (Wildman–Crippen MR) is 155 cm³/mol. The van der Waals surface area contributed by atoms with Gasteiger partial charge in [-0.2, -0.15) is 0 Å². The predicted octanol–water partition coefficient (Wildman–Crippen LogP) is 7.14. The third-order valence-electron chi connectivity index (χ3n) is 5.80. The van der Waals surface area contributed by atoms with Crippen molar-refractivity contribution in [2.24, 2.45) is 10.9 Å². The Morgan fingerprint density at radius 3 is 2.38 bits per heavy atom. The number of amidine groups is 1. The van der Waals surface area contributed by atoms with Crippen molar-refractivity contribution in [3.8, 4) is 11.5 Å². The molecule has 3 aromatic carbocycles. The van der Waals surface area contributed by atoms with Gasteiger partial charge in [0, 0.05) is 18.7 Å². The highest BCUT2D eigenvalue weighted by molar-refractivity contribution is 8.18. The van der Waals surface area contributed by atoms with Gasteiger partial charge in [0.25, 0.3) is 11.6 Å². The summed E-state index contributed by atoms with van der Waals surface area (Å²) in [6.07, 6.45) is 1.85. The van der Waals surface area contributed by atoms with Gasteiger partial charge in [-0.05, 0) is 85.1 Å². The van der Waals surface area contributed by atoms with E-state index in [1.807, 2.05) is 56.3 Å². The number of nitro groups is 1. The largest absolute Gasteiger partial charge is 0.490 e. The number of thioether (sulfide) groups is 1. The molecule has 0 atom stereocenters. The molecule has 1 aliphatic rings. The number of hydrogen-bond acceptors (Lipinski definition) is 7. The van der Waals surface area contributed by atoms with Crippen molar-refractivity contribution in [3.05, 3.63) is 98.4 Å². The lowest BCUT2D eigenvalue weighted by Gasteiger charge is -2.17. The fourth-order valence-corrected chi connectivity index (χ4v) is 4.88. The van der Waals surface area contributed by atoms with Gasteiger partial charge in [-0.25, -0.2) is 4.99 Å². The lowest BCUT2D eigenvalue weighted by atomic mass is 10.1. The molecule has 0 unspecified atom stereocenters. The lowest BCUT2D eigenvalue weighted by Crippen LogP contribution is -2.32. The number of aryl methyl sites for hydroxylation is 1. The average molecular weight is 546 g/mol. The Morgan fingerprint density at radius 1 is 1.03 bits per heavy atom. The molecule has 1 amide bonds. The number of non-ortho nitro benzene ring substituents is 1. The summed E-state index contributed by atoms with van der Waals surface area (Å²) in [5.41, 5.74) is 3.59. The first-order valence-corrected chi connectivity index (χ1v) is 13.5. The molecular weight excluding hydrogens is 514 g/mol. The summed E-state index contributed by atoms with van der Waals surface area (Å²) in [7, 11) is 0. The number of rotatable bonds is 10. The molecule has 1 aliphatic heterocycles. The van der Waals surface area contributed by atoms with E-state index < -0.39 is 4.92 Å². The van der Waals surface area contributed by atoms with Gasteiger partial charge in [0.15, 0.2) is 16.7 Å². The number of nitro benzene ring substituents is 1. The molecule has 0 radical (unpaired) electrons. The summed E-state index contributed by atoms with van der Waals surface area (Å²) >= 11 is 1.36. The van der Waals surface area contributed by atoms with Crippen LogP contribution in [-0.4, -0.2) is 34.0 Å². The SMILES string of the molecule is CCOc1cc(/C=C2/SC(=Nc3ccc(C)cc3)N(CC(C)C)C2=O)ccc1OCc1ccc([N+](=O)[O-])cc1. The molecule has 4 rings (SSSR count). The zero-order chi connectivity index (χ0) is 27.9. The van der Waals surface area contributed by atoms with Crippen LogP contribution in [0, 0.1) is 23.0 Å². The number of aliphatic imine (C=N–C) groups is 1. The van der Waals surface area contributed by atoms with Gasteiger partial charge in [-0.3, -0.25) is 19.8 Å². The average Bonchev–Trinajstić information content (AvgIpc) is 3.18. The monoisotopic (exact) mass is 545 g/mol. The smallest absolute Gasteiger partial charge is 0.269 e. The zero-order valence-corrected chi connectivity index (χ0v) is 23.2. The molecule has 1 saturated heterocycles. The van der Waals surface area contributed by atoms with Gasteiger partial charge in [-0.1, -0.05) is 37.6 Å². The number of amides is 1. The van der Waals surface area contributed by atoms with Crippen LogP contribution >= 0.6 is 11.8 Å². The first-order chi connectivity index (χ1) is 18.7. The summed E-state index contributed by atoms with van der Waals surface area (Å²) in [6.45, 7) is 9.32. The number of benzene rings is 3. The molecule has 3 aromatic rings. The second kappa shape index (κ2) is 12.6. The van der Waals surface area contributed by atoms with Crippen molar-refractivity contribution in [2.75, 3.05) is 13.2 Å². The fourth-order valence-electron chi connectivity index (χ4n) is 3.88. The second-order valence-electron chi connectivity index (χ2n) is 9.50. The molecular formula is C30H31N3O5S.